The average molecular weight is 467 g/mol. The molecule has 178 valence electrons. The fourth-order valence-electron chi connectivity index (χ4n) is 3.22. The second kappa shape index (κ2) is 11.5. The summed E-state index contributed by atoms with van der Waals surface area (Å²) in [6.07, 6.45) is -1.99. The van der Waals surface area contributed by atoms with E-state index in [4.69, 9.17) is 14.7 Å². The van der Waals surface area contributed by atoms with Crippen LogP contribution in [-0.4, -0.2) is 87.5 Å². The molecule has 0 aliphatic carbocycles. The Balaban J connectivity index is 1.39. The maximum absolute atomic E-state index is 13.2. The number of amides is 1. The Labute approximate surface area is 188 Å². The summed E-state index contributed by atoms with van der Waals surface area (Å²) in [5.74, 6) is 0.553. The molecule has 33 heavy (non-hydrogen) atoms. The van der Waals surface area contributed by atoms with Gasteiger partial charge in [0.05, 0.1) is 36.3 Å². The van der Waals surface area contributed by atoms with Gasteiger partial charge < -0.3 is 24.6 Å². The Morgan fingerprint density at radius 3 is 2.76 bits per heavy atom. The van der Waals surface area contributed by atoms with E-state index in [0.717, 1.165) is 12.0 Å². The standard InChI is InChI=1S/C20H24F3N7O3/c21-20(22,23)16-12-33-14-28-27-11-17(16)25-3-8-32-13-19(31)30-6-4-29(5-7-30)18-2-1-15(9-24)10-26-18/h1-2,10-11,25,28H,3-8,12-14H2/b17-16-,27-11-. The van der Waals surface area contributed by atoms with Crippen molar-refractivity contribution < 1.29 is 27.4 Å². The number of rotatable bonds is 7. The number of carbonyl (C=O) groups is 1. The van der Waals surface area contributed by atoms with Gasteiger partial charge in [0.25, 0.3) is 0 Å². The third-order valence-electron chi connectivity index (χ3n) is 4.99. The van der Waals surface area contributed by atoms with E-state index in [9.17, 15) is 18.0 Å². The highest BCUT2D eigenvalue weighted by Gasteiger charge is 2.36. The molecular weight excluding hydrogens is 443 g/mol. The summed E-state index contributed by atoms with van der Waals surface area (Å²) in [6.45, 7) is 1.39. The minimum atomic E-state index is -4.56. The third kappa shape index (κ3) is 7.06. The molecule has 1 aromatic heterocycles. The highest BCUT2D eigenvalue weighted by Crippen LogP contribution is 2.27. The fourth-order valence-corrected chi connectivity index (χ4v) is 3.22. The van der Waals surface area contributed by atoms with Crippen LogP contribution in [0.25, 0.3) is 0 Å². The number of pyridine rings is 1. The van der Waals surface area contributed by atoms with Gasteiger partial charge in [0, 0.05) is 38.9 Å². The molecule has 0 saturated carbocycles. The Morgan fingerprint density at radius 1 is 1.30 bits per heavy atom. The van der Waals surface area contributed by atoms with Crippen molar-refractivity contribution >= 4 is 17.9 Å². The highest BCUT2D eigenvalue weighted by molar-refractivity contribution is 5.79. The summed E-state index contributed by atoms with van der Waals surface area (Å²) in [7, 11) is 0. The molecule has 0 spiro atoms. The molecule has 1 amide bonds. The molecule has 1 fully saturated rings. The molecule has 10 nitrogen and oxygen atoms in total. The van der Waals surface area contributed by atoms with E-state index in [2.05, 4.69) is 20.8 Å². The fraction of sp³-hybridized carbons (Fsp3) is 0.500. The SMILES string of the molecule is N#Cc1ccc(N2CCN(C(=O)COCCNC3=C(\C(F)(F)F)COCN/N=C\3)CC2)nc1. The van der Waals surface area contributed by atoms with Crippen LogP contribution in [0, 0.1) is 11.3 Å². The van der Waals surface area contributed by atoms with Gasteiger partial charge in [0.2, 0.25) is 5.91 Å². The minimum Gasteiger partial charge on any atom is -0.381 e. The van der Waals surface area contributed by atoms with Gasteiger partial charge in [-0.1, -0.05) is 0 Å². The first-order chi connectivity index (χ1) is 15.9. The van der Waals surface area contributed by atoms with Crippen LogP contribution < -0.4 is 15.6 Å². The van der Waals surface area contributed by atoms with Crippen LogP contribution in [0.2, 0.25) is 0 Å². The van der Waals surface area contributed by atoms with Crippen LogP contribution >= 0.6 is 0 Å². The molecule has 0 atom stereocenters. The highest BCUT2D eigenvalue weighted by atomic mass is 19.4. The number of ether oxygens (including phenoxy) is 2. The minimum absolute atomic E-state index is 0.0393. The number of allylic oxidation sites excluding steroid dienone is 1. The molecule has 2 aliphatic heterocycles. The number of alkyl halides is 3. The van der Waals surface area contributed by atoms with Gasteiger partial charge in [-0.15, -0.1) is 0 Å². The van der Waals surface area contributed by atoms with E-state index < -0.39 is 18.4 Å². The molecule has 2 aliphatic rings. The molecule has 3 rings (SSSR count). The number of halogens is 3. The summed E-state index contributed by atoms with van der Waals surface area (Å²) >= 11 is 0. The van der Waals surface area contributed by atoms with Crippen LogP contribution in [0.4, 0.5) is 19.0 Å². The largest absolute Gasteiger partial charge is 0.416 e. The lowest BCUT2D eigenvalue weighted by Crippen LogP contribution is -2.50. The van der Waals surface area contributed by atoms with Gasteiger partial charge >= 0.3 is 6.18 Å². The van der Waals surface area contributed by atoms with E-state index in [1.165, 1.54) is 6.20 Å². The van der Waals surface area contributed by atoms with Gasteiger partial charge in [-0.2, -0.15) is 23.5 Å². The molecule has 13 heteroatoms. The summed E-state index contributed by atoms with van der Waals surface area (Å²) < 4.78 is 49.8. The van der Waals surface area contributed by atoms with Crippen molar-refractivity contribution in [3.8, 4) is 6.07 Å². The first-order valence-electron chi connectivity index (χ1n) is 10.2. The number of hydrogen-bond donors (Lipinski definition) is 2. The summed E-state index contributed by atoms with van der Waals surface area (Å²) in [6, 6.07) is 5.49. The van der Waals surface area contributed by atoms with Crippen LogP contribution in [0.1, 0.15) is 5.56 Å². The number of piperazine rings is 1. The summed E-state index contributed by atoms with van der Waals surface area (Å²) in [4.78, 5) is 20.3. The number of aromatic nitrogens is 1. The Bertz CT molecular complexity index is 905. The lowest BCUT2D eigenvalue weighted by Gasteiger charge is -2.35. The Hall–Kier alpha value is -3.37. The number of nitriles is 1. The van der Waals surface area contributed by atoms with Gasteiger partial charge in [-0.05, 0) is 12.1 Å². The van der Waals surface area contributed by atoms with Crippen molar-refractivity contribution in [2.24, 2.45) is 5.10 Å². The number of nitrogens with one attached hydrogen (secondary N) is 2. The number of hydrazone groups is 1. The maximum Gasteiger partial charge on any atom is 0.416 e. The van der Waals surface area contributed by atoms with E-state index in [0.29, 0.717) is 31.7 Å². The zero-order valence-corrected chi connectivity index (χ0v) is 17.8. The van der Waals surface area contributed by atoms with Crippen molar-refractivity contribution in [3.05, 3.63) is 35.2 Å². The lowest BCUT2D eigenvalue weighted by atomic mass is 10.2. The average Bonchev–Trinajstić information content (AvgIpc) is 2.79. The molecule has 3 heterocycles. The van der Waals surface area contributed by atoms with Gasteiger partial charge in [-0.3, -0.25) is 10.2 Å². The van der Waals surface area contributed by atoms with E-state index in [1.54, 1.807) is 17.0 Å². The van der Waals surface area contributed by atoms with Crippen molar-refractivity contribution in [2.75, 3.05) is 64.2 Å². The topological polar surface area (TPSA) is 115 Å². The van der Waals surface area contributed by atoms with Crippen molar-refractivity contribution in [3.63, 3.8) is 0 Å². The molecule has 2 N–H and O–H groups in total. The zero-order valence-electron chi connectivity index (χ0n) is 17.8. The first-order valence-corrected chi connectivity index (χ1v) is 10.2. The monoisotopic (exact) mass is 467 g/mol. The molecule has 0 bridgehead atoms. The third-order valence-corrected chi connectivity index (χ3v) is 4.99. The quantitative estimate of drug-likeness (QED) is 0.560. The normalized spacial score (nSPS) is 20.3. The number of carbonyl (C=O) groups excluding carboxylic acids is 1. The van der Waals surface area contributed by atoms with Gasteiger partial charge in [0.15, 0.2) is 0 Å². The second-order valence-corrected chi connectivity index (χ2v) is 7.16. The van der Waals surface area contributed by atoms with E-state index >= 15 is 0 Å². The number of nitrogens with zero attached hydrogens (tertiary/aromatic N) is 5. The molecule has 0 aromatic carbocycles. The Morgan fingerprint density at radius 2 is 2.09 bits per heavy atom. The van der Waals surface area contributed by atoms with E-state index in [1.807, 2.05) is 11.0 Å². The smallest absolute Gasteiger partial charge is 0.381 e. The van der Waals surface area contributed by atoms with Crippen molar-refractivity contribution in [1.29, 1.82) is 5.26 Å². The molecule has 1 aromatic rings. The van der Waals surface area contributed by atoms with Crippen LogP contribution in [0.5, 0.6) is 0 Å². The number of anilines is 1. The number of hydrogen-bond acceptors (Lipinski definition) is 9. The second-order valence-electron chi connectivity index (χ2n) is 7.16. The summed E-state index contributed by atoms with van der Waals surface area (Å²) in [5, 5.41) is 15.1. The summed E-state index contributed by atoms with van der Waals surface area (Å²) in [5.41, 5.74) is 1.87. The molecular formula is C20H24F3N7O3. The maximum atomic E-state index is 13.2. The lowest BCUT2D eigenvalue weighted by molar-refractivity contribution is -0.136. The van der Waals surface area contributed by atoms with Gasteiger partial charge in [0.1, 0.15) is 25.2 Å². The van der Waals surface area contributed by atoms with Crippen molar-refractivity contribution in [1.82, 2.24) is 20.6 Å². The van der Waals surface area contributed by atoms with Crippen LogP contribution in [0.15, 0.2) is 34.7 Å². The zero-order chi connectivity index (χ0) is 23.7. The predicted molar refractivity (Wildman–Crippen MR) is 112 cm³/mol. The molecule has 0 unspecified atom stereocenters. The van der Waals surface area contributed by atoms with Crippen LogP contribution in [0.3, 0.4) is 0 Å². The first kappa shape index (κ1) is 24.3. The van der Waals surface area contributed by atoms with Gasteiger partial charge in [-0.25, -0.2) is 4.98 Å². The van der Waals surface area contributed by atoms with Crippen molar-refractivity contribution in [2.45, 2.75) is 6.18 Å². The molecule has 1 saturated heterocycles. The predicted octanol–water partition coefficient (Wildman–Crippen LogP) is 0.588. The Kier molecular flexibility index (Phi) is 8.45. The van der Waals surface area contributed by atoms with E-state index in [-0.39, 0.29) is 38.1 Å². The molecule has 0 radical (unpaired) electrons. The van der Waals surface area contributed by atoms with Crippen LogP contribution in [-0.2, 0) is 14.3 Å².